The molecule has 0 aromatic heterocycles. The van der Waals surface area contributed by atoms with Gasteiger partial charge in [0.1, 0.15) is 0 Å². The fourth-order valence-corrected chi connectivity index (χ4v) is 3.61. The minimum absolute atomic E-state index is 0.0347. The van der Waals surface area contributed by atoms with E-state index >= 15 is 0 Å². The molecule has 0 spiro atoms. The Morgan fingerprint density at radius 2 is 1.84 bits per heavy atom. The molecule has 0 bridgehead atoms. The van der Waals surface area contributed by atoms with Crippen molar-refractivity contribution in [2.75, 3.05) is 14.2 Å². The van der Waals surface area contributed by atoms with Crippen molar-refractivity contribution in [1.82, 2.24) is 5.32 Å². The van der Waals surface area contributed by atoms with Crippen molar-refractivity contribution in [2.24, 2.45) is 0 Å². The van der Waals surface area contributed by atoms with Crippen LogP contribution in [-0.4, -0.2) is 19.8 Å². The highest BCUT2D eigenvalue weighted by Crippen LogP contribution is 2.41. The summed E-state index contributed by atoms with van der Waals surface area (Å²) in [6.07, 6.45) is 6.20. The van der Waals surface area contributed by atoms with Crippen molar-refractivity contribution in [3.63, 3.8) is 0 Å². The van der Waals surface area contributed by atoms with Crippen LogP contribution in [0.2, 0.25) is 0 Å². The average Bonchev–Trinajstić information content (AvgIpc) is 2.43. The van der Waals surface area contributed by atoms with Gasteiger partial charge in [0.15, 0.2) is 0 Å². The Morgan fingerprint density at radius 3 is 2.37 bits per heavy atom. The molecule has 0 heterocycles. The van der Waals surface area contributed by atoms with Crippen molar-refractivity contribution in [3.8, 4) is 0 Å². The van der Waals surface area contributed by atoms with E-state index in [1.165, 1.54) is 36.0 Å². The zero-order valence-electron chi connectivity index (χ0n) is 12.8. The van der Waals surface area contributed by atoms with Crippen LogP contribution in [0.3, 0.4) is 0 Å². The standard InChI is InChI=1S/C17H27NO/c1-13-8-9-15(14(2)12-13)16(18-3)17(19-4)10-6-5-7-11-17/h8-9,12,16,18H,5-7,10-11H2,1-4H3. The lowest BCUT2D eigenvalue weighted by Crippen LogP contribution is -2.46. The first kappa shape index (κ1) is 14.5. The van der Waals surface area contributed by atoms with Crippen molar-refractivity contribution >= 4 is 0 Å². The van der Waals surface area contributed by atoms with Gasteiger partial charge in [-0.25, -0.2) is 0 Å². The molecule has 19 heavy (non-hydrogen) atoms. The third-order valence-corrected chi connectivity index (χ3v) is 4.66. The predicted octanol–water partition coefficient (Wildman–Crippen LogP) is 3.91. The van der Waals surface area contributed by atoms with Gasteiger partial charge in [-0.15, -0.1) is 0 Å². The van der Waals surface area contributed by atoms with E-state index in [1.807, 2.05) is 7.11 Å². The zero-order valence-corrected chi connectivity index (χ0v) is 12.8. The van der Waals surface area contributed by atoms with Gasteiger partial charge in [0.2, 0.25) is 0 Å². The van der Waals surface area contributed by atoms with Gasteiger partial charge in [-0.05, 0) is 44.9 Å². The first-order chi connectivity index (χ1) is 9.13. The number of hydrogen-bond acceptors (Lipinski definition) is 2. The monoisotopic (exact) mass is 261 g/mol. The first-order valence-corrected chi connectivity index (χ1v) is 7.42. The van der Waals surface area contributed by atoms with Crippen LogP contribution in [0.4, 0.5) is 0 Å². The average molecular weight is 261 g/mol. The summed E-state index contributed by atoms with van der Waals surface area (Å²) in [5.41, 5.74) is 4.04. The summed E-state index contributed by atoms with van der Waals surface area (Å²) in [5.74, 6) is 0. The van der Waals surface area contributed by atoms with Gasteiger partial charge < -0.3 is 10.1 Å². The van der Waals surface area contributed by atoms with Crippen molar-refractivity contribution < 1.29 is 4.74 Å². The number of rotatable bonds is 4. The molecule has 1 N–H and O–H groups in total. The Balaban J connectivity index is 2.36. The Bertz CT molecular complexity index is 421. The molecule has 0 radical (unpaired) electrons. The van der Waals surface area contributed by atoms with Crippen molar-refractivity contribution in [2.45, 2.75) is 57.6 Å². The molecule has 106 valence electrons. The van der Waals surface area contributed by atoms with Gasteiger partial charge in [0, 0.05) is 7.11 Å². The van der Waals surface area contributed by atoms with Crippen molar-refractivity contribution in [1.29, 1.82) is 0 Å². The summed E-state index contributed by atoms with van der Waals surface area (Å²) < 4.78 is 6.01. The van der Waals surface area contributed by atoms with Crippen molar-refractivity contribution in [3.05, 3.63) is 34.9 Å². The van der Waals surface area contributed by atoms with Crippen LogP contribution in [0.15, 0.2) is 18.2 Å². The second kappa shape index (κ2) is 6.06. The Kier molecular flexibility index (Phi) is 4.64. The quantitative estimate of drug-likeness (QED) is 0.887. The smallest absolute Gasteiger partial charge is 0.0872 e. The molecule has 1 fully saturated rings. The molecule has 1 aromatic carbocycles. The number of aryl methyl sites for hydroxylation is 2. The third kappa shape index (κ3) is 2.85. The molecule has 1 unspecified atom stereocenters. The second-order valence-corrected chi connectivity index (χ2v) is 5.91. The van der Waals surface area contributed by atoms with Crippen LogP contribution in [0.1, 0.15) is 54.8 Å². The fourth-order valence-electron chi connectivity index (χ4n) is 3.61. The Morgan fingerprint density at radius 1 is 1.16 bits per heavy atom. The number of likely N-dealkylation sites (N-methyl/N-ethyl adjacent to an activating group) is 1. The lowest BCUT2D eigenvalue weighted by Gasteiger charge is -2.43. The molecule has 2 nitrogen and oxygen atoms in total. The van der Waals surface area contributed by atoms with Gasteiger partial charge in [-0.3, -0.25) is 0 Å². The molecule has 0 saturated heterocycles. The lowest BCUT2D eigenvalue weighted by molar-refractivity contribution is -0.0672. The van der Waals surface area contributed by atoms with E-state index < -0.39 is 0 Å². The minimum atomic E-state index is -0.0347. The largest absolute Gasteiger partial charge is 0.376 e. The highest BCUT2D eigenvalue weighted by Gasteiger charge is 2.40. The van der Waals surface area contributed by atoms with Crippen LogP contribution in [0.25, 0.3) is 0 Å². The topological polar surface area (TPSA) is 21.3 Å². The zero-order chi connectivity index (χ0) is 13.9. The highest BCUT2D eigenvalue weighted by molar-refractivity contribution is 5.34. The third-order valence-electron chi connectivity index (χ3n) is 4.66. The number of hydrogen-bond donors (Lipinski definition) is 1. The number of ether oxygens (including phenoxy) is 1. The first-order valence-electron chi connectivity index (χ1n) is 7.42. The Hall–Kier alpha value is -0.860. The molecule has 0 aliphatic heterocycles. The summed E-state index contributed by atoms with van der Waals surface area (Å²) in [4.78, 5) is 0. The van der Waals surface area contributed by atoms with Crippen LogP contribution in [0.5, 0.6) is 0 Å². The minimum Gasteiger partial charge on any atom is -0.376 e. The molecule has 1 saturated carbocycles. The second-order valence-electron chi connectivity index (χ2n) is 5.91. The number of benzene rings is 1. The van der Waals surface area contributed by atoms with E-state index in [9.17, 15) is 0 Å². The molecular formula is C17H27NO. The maximum atomic E-state index is 6.01. The van der Waals surface area contributed by atoms with Crippen LogP contribution in [0, 0.1) is 13.8 Å². The maximum Gasteiger partial charge on any atom is 0.0872 e. The van der Waals surface area contributed by atoms with Crippen LogP contribution < -0.4 is 5.32 Å². The van der Waals surface area contributed by atoms with E-state index in [2.05, 4.69) is 44.4 Å². The normalized spacial score (nSPS) is 20.2. The van der Waals surface area contributed by atoms with Gasteiger partial charge in [-0.1, -0.05) is 43.0 Å². The number of methoxy groups -OCH3 is 1. The lowest BCUT2D eigenvalue weighted by atomic mass is 9.75. The summed E-state index contributed by atoms with van der Waals surface area (Å²) >= 11 is 0. The van der Waals surface area contributed by atoms with Crippen LogP contribution in [-0.2, 0) is 4.74 Å². The van der Waals surface area contributed by atoms with E-state index in [-0.39, 0.29) is 5.60 Å². The summed E-state index contributed by atoms with van der Waals surface area (Å²) in [6.45, 7) is 4.36. The molecule has 1 aromatic rings. The SMILES string of the molecule is CNC(c1ccc(C)cc1C)C1(OC)CCCCC1. The molecular weight excluding hydrogens is 234 g/mol. The highest BCUT2D eigenvalue weighted by atomic mass is 16.5. The Labute approximate surface area is 117 Å². The van der Waals surface area contributed by atoms with Crippen LogP contribution >= 0.6 is 0 Å². The van der Waals surface area contributed by atoms with Gasteiger partial charge >= 0.3 is 0 Å². The summed E-state index contributed by atoms with van der Waals surface area (Å²) in [6, 6.07) is 7.03. The molecule has 2 rings (SSSR count). The van der Waals surface area contributed by atoms with Gasteiger partial charge in [0.05, 0.1) is 11.6 Å². The van der Waals surface area contributed by atoms with E-state index in [4.69, 9.17) is 4.74 Å². The fraction of sp³-hybridized carbons (Fsp3) is 0.647. The van der Waals surface area contributed by atoms with Gasteiger partial charge in [0.25, 0.3) is 0 Å². The molecule has 2 heteroatoms. The molecule has 1 atom stereocenters. The van der Waals surface area contributed by atoms with E-state index in [0.29, 0.717) is 6.04 Å². The summed E-state index contributed by atoms with van der Waals surface area (Å²) in [5, 5.41) is 3.52. The summed E-state index contributed by atoms with van der Waals surface area (Å²) in [7, 11) is 3.93. The molecule has 1 aliphatic rings. The van der Waals surface area contributed by atoms with E-state index in [1.54, 1.807) is 0 Å². The predicted molar refractivity (Wildman–Crippen MR) is 80.5 cm³/mol. The van der Waals surface area contributed by atoms with E-state index in [0.717, 1.165) is 12.8 Å². The number of nitrogens with one attached hydrogen (secondary N) is 1. The van der Waals surface area contributed by atoms with Gasteiger partial charge in [-0.2, -0.15) is 0 Å². The molecule has 0 amide bonds. The maximum absolute atomic E-state index is 6.01. The molecule has 1 aliphatic carbocycles.